The normalized spacial score (nSPS) is 18.2. The number of urea groups is 1. The van der Waals surface area contributed by atoms with Crippen LogP contribution in [0.2, 0.25) is 0 Å². The van der Waals surface area contributed by atoms with E-state index >= 15 is 0 Å². The third-order valence-electron chi connectivity index (χ3n) is 3.18. The van der Waals surface area contributed by atoms with E-state index in [0.29, 0.717) is 13.1 Å². The topological polar surface area (TPSA) is 65.8 Å². The van der Waals surface area contributed by atoms with Crippen molar-refractivity contribution in [3.8, 4) is 0 Å². The highest BCUT2D eigenvalue weighted by Gasteiger charge is 2.43. The fourth-order valence-electron chi connectivity index (χ4n) is 2.07. The van der Waals surface area contributed by atoms with E-state index in [0.717, 1.165) is 12.1 Å². The van der Waals surface area contributed by atoms with E-state index in [1.165, 1.54) is 4.90 Å². The largest absolute Gasteiger partial charge is 0.472 e. The second-order valence-corrected chi connectivity index (χ2v) is 5.38. The molecule has 0 bridgehead atoms. The summed E-state index contributed by atoms with van der Waals surface area (Å²) in [5, 5.41) is 2.67. The van der Waals surface area contributed by atoms with Gasteiger partial charge in [-0.25, -0.2) is 4.79 Å². The Kier molecular flexibility index (Phi) is 3.61. The lowest BCUT2D eigenvalue weighted by Crippen LogP contribution is -2.41. The first-order valence-electron chi connectivity index (χ1n) is 6.24. The minimum absolute atomic E-state index is 0.172. The number of nitrogens with zero attached hydrogens (tertiary/aromatic N) is 2. The molecule has 1 aromatic rings. The maximum absolute atomic E-state index is 12.0. The second kappa shape index (κ2) is 5.05. The molecule has 0 unspecified atom stereocenters. The maximum atomic E-state index is 12.0. The van der Waals surface area contributed by atoms with Crippen molar-refractivity contribution in [1.82, 2.24) is 15.1 Å². The molecule has 1 fully saturated rings. The van der Waals surface area contributed by atoms with Crippen LogP contribution in [0.5, 0.6) is 0 Å². The van der Waals surface area contributed by atoms with Crippen LogP contribution in [0.1, 0.15) is 19.4 Å². The Morgan fingerprint density at radius 1 is 1.42 bits per heavy atom. The average molecular weight is 265 g/mol. The highest BCUT2D eigenvalue weighted by Crippen LogP contribution is 2.16. The Balaban J connectivity index is 1.85. The fourth-order valence-corrected chi connectivity index (χ4v) is 2.07. The van der Waals surface area contributed by atoms with Crippen molar-refractivity contribution in [3.05, 3.63) is 24.2 Å². The molecule has 0 spiro atoms. The zero-order valence-electron chi connectivity index (χ0n) is 11.5. The number of imide groups is 1. The molecule has 2 rings (SSSR count). The van der Waals surface area contributed by atoms with Crippen LogP contribution < -0.4 is 5.32 Å². The second-order valence-electron chi connectivity index (χ2n) is 5.38. The van der Waals surface area contributed by atoms with Crippen LogP contribution in [-0.2, 0) is 11.3 Å². The van der Waals surface area contributed by atoms with Crippen LogP contribution in [0.25, 0.3) is 0 Å². The molecule has 1 aliphatic heterocycles. The molecule has 1 N–H and O–H groups in total. The average Bonchev–Trinajstić information content (AvgIpc) is 2.86. The van der Waals surface area contributed by atoms with Gasteiger partial charge in [0.25, 0.3) is 5.91 Å². The van der Waals surface area contributed by atoms with Crippen LogP contribution in [0.4, 0.5) is 4.79 Å². The monoisotopic (exact) mass is 265 g/mol. The number of carbonyl (C=O) groups is 2. The standard InChI is InChI=1S/C13H19N3O3/c1-13(2)11(17)16(12(18)14-13)6-5-15(3)8-10-4-7-19-9-10/h4,7,9H,5-6,8H2,1-3H3,(H,14,18). The minimum Gasteiger partial charge on any atom is -0.472 e. The molecule has 1 aliphatic rings. The number of carbonyl (C=O) groups excluding carboxylic acids is 2. The van der Waals surface area contributed by atoms with Crippen LogP contribution in [0.15, 0.2) is 23.0 Å². The lowest BCUT2D eigenvalue weighted by atomic mass is 10.1. The number of rotatable bonds is 5. The molecule has 0 saturated carbocycles. The summed E-state index contributed by atoms with van der Waals surface area (Å²) in [4.78, 5) is 27.0. The first-order chi connectivity index (χ1) is 8.90. The number of hydrogen-bond donors (Lipinski definition) is 1. The lowest BCUT2D eigenvalue weighted by molar-refractivity contribution is -0.130. The summed E-state index contributed by atoms with van der Waals surface area (Å²) in [6.07, 6.45) is 3.32. The Morgan fingerprint density at radius 2 is 2.16 bits per heavy atom. The summed E-state index contributed by atoms with van der Waals surface area (Å²) in [5.74, 6) is -0.172. The molecular formula is C13H19N3O3. The van der Waals surface area contributed by atoms with Gasteiger partial charge in [-0.2, -0.15) is 0 Å². The maximum Gasteiger partial charge on any atom is 0.325 e. The first-order valence-corrected chi connectivity index (χ1v) is 6.24. The van der Waals surface area contributed by atoms with Gasteiger partial charge in [0.1, 0.15) is 5.54 Å². The molecule has 0 aliphatic carbocycles. The van der Waals surface area contributed by atoms with Crippen molar-refractivity contribution >= 4 is 11.9 Å². The van der Waals surface area contributed by atoms with Crippen molar-refractivity contribution in [1.29, 1.82) is 0 Å². The zero-order chi connectivity index (χ0) is 14.0. The molecule has 0 atom stereocenters. The van der Waals surface area contributed by atoms with Crippen molar-refractivity contribution in [3.63, 3.8) is 0 Å². The molecule has 6 heteroatoms. The van der Waals surface area contributed by atoms with Gasteiger partial charge in [0.2, 0.25) is 0 Å². The van der Waals surface area contributed by atoms with Gasteiger partial charge >= 0.3 is 6.03 Å². The van der Waals surface area contributed by atoms with Gasteiger partial charge in [-0.15, -0.1) is 0 Å². The van der Waals surface area contributed by atoms with E-state index in [1.54, 1.807) is 26.4 Å². The quantitative estimate of drug-likeness (QED) is 0.808. The van der Waals surface area contributed by atoms with Gasteiger partial charge in [-0.1, -0.05) is 0 Å². The molecule has 1 aromatic heterocycles. The Morgan fingerprint density at radius 3 is 2.68 bits per heavy atom. The number of nitrogens with one attached hydrogen (secondary N) is 1. The predicted molar refractivity (Wildman–Crippen MR) is 69.4 cm³/mol. The zero-order valence-corrected chi connectivity index (χ0v) is 11.5. The van der Waals surface area contributed by atoms with Crippen LogP contribution >= 0.6 is 0 Å². The van der Waals surface area contributed by atoms with Gasteiger partial charge in [0, 0.05) is 25.2 Å². The lowest BCUT2D eigenvalue weighted by Gasteiger charge is -2.20. The summed E-state index contributed by atoms with van der Waals surface area (Å²) >= 11 is 0. The van der Waals surface area contributed by atoms with E-state index in [9.17, 15) is 9.59 Å². The molecule has 6 nitrogen and oxygen atoms in total. The van der Waals surface area contributed by atoms with Gasteiger partial charge in [0.15, 0.2) is 0 Å². The van der Waals surface area contributed by atoms with E-state index in [-0.39, 0.29) is 11.9 Å². The number of furan rings is 1. The molecule has 2 heterocycles. The molecule has 3 amide bonds. The van der Waals surface area contributed by atoms with Crippen molar-refractivity contribution in [2.75, 3.05) is 20.1 Å². The number of likely N-dealkylation sites (N-methyl/N-ethyl adjacent to an activating group) is 1. The summed E-state index contributed by atoms with van der Waals surface area (Å²) in [5.41, 5.74) is 0.278. The molecule has 19 heavy (non-hydrogen) atoms. The third-order valence-corrected chi connectivity index (χ3v) is 3.18. The summed E-state index contributed by atoms with van der Waals surface area (Å²) in [6, 6.07) is 1.58. The molecular weight excluding hydrogens is 246 g/mol. The predicted octanol–water partition coefficient (Wildman–Crippen LogP) is 1.04. The van der Waals surface area contributed by atoms with Crippen LogP contribution in [-0.4, -0.2) is 47.4 Å². The van der Waals surface area contributed by atoms with Crippen molar-refractivity contribution in [2.45, 2.75) is 25.9 Å². The highest BCUT2D eigenvalue weighted by atomic mass is 16.3. The number of amides is 3. The van der Waals surface area contributed by atoms with E-state index in [2.05, 4.69) is 5.32 Å². The van der Waals surface area contributed by atoms with Gasteiger partial charge in [0.05, 0.1) is 12.5 Å². The van der Waals surface area contributed by atoms with Gasteiger partial charge in [-0.05, 0) is 27.0 Å². The Bertz CT molecular complexity index is 467. The summed E-state index contributed by atoms with van der Waals surface area (Å²) in [6.45, 7) is 5.16. The van der Waals surface area contributed by atoms with Crippen LogP contribution in [0, 0.1) is 0 Å². The van der Waals surface area contributed by atoms with Crippen LogP contribution in [0.3, 0.4) is 0 Å². The van der Waals surface area contributed by atoms with E-state index in [4.69, 9.17) is 4.42 Å². The summed E-state index contributed by atoms with van der Waals surface area (Å²) < 4.78 is 5.00. The van der Waals surface area contributed by atoms with Gasteiger partial charge < -0.3 is 14.6 Å². The molecule has 104 valence electrons. The number of hydrogen-bond acceptors (Lipinski definition) is 4. The molecule has 0 aromatic carbocycles. The van der Waals surface area contributed by atoms with Gasteiger partial charge in [-0.3, -0.25) is 9.69 Å². The molecule has 0 radical (unpaired) electrons. The Hall–Kier alpha value is -1.82. The SMILES string of the molecule is CN(CCN1C(=O)NC(C)(C)C1=O)Cc1ccoc1. The summed E-state index contributed by atoms with van der Waals surface area (Å²) in [7, 11) is 1.94. The minimum atomic E-state index is -0.791. The first kappa shape index (κ1) is 13.6. The van der Waals surface area contributed by atoms with Crippen molar-refractivity contribution in [2.24, 2.45) is 0 Å². The Labute approximate surface area is 112 Å². The van der Waals surface area contributed by atoms with E-state index in [1.807, 2.05) is 18.0 Å². The third kappa shape index (κ3) is 2.96. The highest BCUT2D eigenvalue weighted by molar-refractivity contribution is 6.06. The van der Waals surface area contributed by atoms with Crippen molar-refractivity contribution < 1.29 is 14.0 Å². The fraction of sp³-hybridized carbons (Fsp3) is 0.538. The van der Waals surface area contributed by atoms with E-state index < -0.39 is 5.54 Å². The smallest absolute Gasteiger partial charge is 0.325 e. The molecule has 1 saturated heterocycles.